The highest BCUT2D eigenvalue weighted by atomic mass is 16.5. The summed E-state index contributed by atoms with van der Waals surface area (Å²) in [4.78, 5) is 33.7. The second-order valence-corrected chi connectivity index (χ2v) is 8.37. The minimum Gasteiger partial charge on any atom is -0.484 e. The lowest BCUT2D eigenvalue weighted by atomic mass is 9.81. The molecule has 0 N–H and O–H groups in total. The first-order valence-corrected chi connectivity index (χ1v) is 10.1. The van der Waals surface area contributed by atoms with Crippen molar-refractivity contribution in [3.05, 3.63) is 42.0 Å². The third-order valence-corrected chi connectivity index (χ3v) is 6.26. The number of para-hydroxylation sites is 1. The van der Waals surface area contributed by atoms with Crippen molar-refractivity contribution in [2.45, 2.75) is 25.2 Å². The molecule has 1 aromatic carbocycles. The first kappa shape index (κ1) is 18.1. The van der Waals surface area contributed by atoms with Crippen molar-refractivity contribution >= 4 is 11.8 Å². The highest BCUT2D eigenvalue weighted by Crippen LogP contribution is 2.46. The average Bonchev–Trinajstić information content (AvgIpc) is 3.22. The third kappa shape index (κ3) is 3.26. The van der Waals surface area contributed by atoms with Crippen LogP contribution in [-0.2, 0) is 15.0 Å². The normalized spacial score (nSPS) is 25.9. The summed E-state index contributed by atoms with van der Waals surface area (Å²) in [6, 6.07) is 9.31. The van der Waals surface area contributed by atoms with Gasteiger partial charge in [0.25, 0.3) is 5.91 Å². The first-order valence-electron chi connectivity index (χ1n) is 10.1. The number of carbonyl (C=O) groups is 2. The number of nitrogens with zero attached hydrogens (tertiary/aromatic N) is 4. The molecule has 3 fully saturated rings. The van der Waals surface area contributed by atoms with E-state index in [0.29, 0.717) is 43.6 Å². The van der Waals surface area contributed by atoms with Gasteiger partial charge in [0, 0.05) is 38.0 Å². The summed E-state index contributed by atoms with van der Waals surface area (Å²) in [5.41, 5.74) is -0.492. The molecule has 0 spiro atoms. The van der Waals surface area contributed by atoms with Crippen molar-refractivity contribution in [2.24, 2.45) is 11.8 Å². The second-order valence-electron chi connectivity index (χ2n) is 8.37. The second kappa shape index (κ2) is 6.86. The molecule has 5 rings (SSSR count). The molecule has 3 heterocycles. The van der Waals surface area contributed by atoms with E-state index in [1.54, 1.807) is 6.92 Å². The molecule has 8 heteroatoms. The zero-order valence-corrected chi connectivity index (χ0v) is 16.4. The molecule has 2 saturated heterocycles. The van der Waals surface area contributed by atoms with Crippen molar-refractivity contribution in [3.63, 3.8) is 0 Å². The molecule has 2 amide bonds. The van der Waals surface area contributed by atoms with Gasteiger partial charge in [0.2, 0.25) is 11.8 Å². The molecule has 1 aliphatic carbocycles. The largest absolute Gasteiger partial charge is 0.484 e. The van der Waals surface area contributed by atoms with Crippen LogP contribution in [0.3, 0.4) is 0 Å². The van der Waals surface area contributed by atoms with Gasteiger partial charge in [-0.3, -0.25) is 9.59 Å². The van der Waals surface area contributed by atoms with Gasteiger partial charge in [-0.2, -0.15) is 4.98 Å². The fraction of sp³-hybridized carbons (Fsp3) is 0.524. The van der Waals surface area contributed by atoms with Crippen molar-refractivity contribution in [1.82, 2.24) is 19.9 Å². The maximum absolute atomic E-state index is 12.8. The van der Waals surface area contributed by atoms with E-state index >= 15 is 0 Å². The quantitative estimate of drug-likeness (QED) is 0.759. The van der Waals surface area contributed by atoms with E-state index in [1.807, 2.05) is 40.1 Å². The van der Waals surface area contributed by atoms with Gasteiger partial charge in [0.05, 0.1) is 5.41 Å². The van der Waals surface area contributed by atoms with Crippen LogP contribution in [0, 0.1) is 18.8 Å². The van der Waals surface area contributed by atoms with Crippen LogP contribution >= 0.6 is 0 Å². The summed E-state index contributed by atoms with van der Waals surface area (Å²) in [5, 5.41) is 3.96. The number of aromatic nitrogens is 2. The van der Waals surface area contributed by atoms with E-state index < -0.39 is 5.41 Å². The number of hydrogen-bond acceptors (Lipinski definition) is 6. The zero-order valence-electron chi connectivity index (χ0n) is 16.4. The molecule has 2 aromatic rings. The molecule has 0 bridgehead atoms. The molecule has 2 atom stereocenters. The minimum absolute atomic E-state index is 0.0135. The maximum atomic E-state index is 12.8. The molecule has 3 aliphatic rings. The number of ether oxygens (including phenoxy) is 1. The molecule has 1 aromatic heterocycles. The molecule has 1 saturated carbocycles. The van der Waals surface area contributed by atoms with Crippen LogP contribution < -0.4 is 4.74 Å². The molecule has 0 unspecified atom stereocenters. The highest BCUT2D eigenvalue weighted by molar-refractivity contribution is 5.82. The summed E-state index contributed by atoms with van der Waals surface area (Å²) < 4.78 is 11.2. The zero-order chi connectivity index (χ0) is 20.0. The molecule has 0 radical (unpaired) electrons. The lowest BCUT2D eigenvalue weighted by Gasteiger charge is -2.26. The number of amides is 2. The molecule has 29 heavy (non-hydrogen) atoms. The SMILES string of the molecule is Cc1noc([C@]23CN(C(=O)COc4ccccc4)C[C@H]2CN(C(=O)C2CC2)C3)n1. The van der Waals surface area contributed by atoms with Crippen LogP contribution in [0.5, 0.6) is 5.75 Å². The molecule has 152 valence electrons. The molecular formula is C21H24N4O4. The van der Waals surface area contributed by atoms with Gasteiger partial charge < -0.3 is 19.1 Å². The van der Waals surface area contributed by atoms with Crippen molar-refractivity contribution in [3.8, 4) is 5.75 Å². The predicted molar refractivity (Wildman–Crippen MR) is 102 cm³/mol. The Kier molecular flexibility index (Phi) is 4.29. The van der Waals surface area contributed by atoms with Crippen LogP contribution in [0.4, 0.5) is 0 Å². The van der Waals surface area contributed by atoms with E-state index in [4.69, 9.17) is 9.26 Å². The van der Waals surface area contributed by atoms with E-state index in [9.17, 15) is 9.59 Å². The third-order valence-electron chi connectivity index (χ3n) is 6.26. The van der Waals surface area contributed by atoms with E-state index in [0.717, 1.165) is 12.8 Å². The van der Waals surface area contributed by atoms with Crippen molar-refractivity contribution in [1.29, 1.82) is 0 Å². The number of rotatable bonds is 5. The maximum Gasteiger partial charge on any atom is 0.260 e. The number of likely N-dealkylation sites (tertiary alicyclic amines) is 2. The van der Waals surface area contributed by atoms with Gasteiger partial charge in [-0.1, -0.05) is 23.4 Å². The topological polar surface area (TPSA) is 88.8 Å². The van der Waals surface area contributed by atoms with Crippen LogP contribution in [0.25, 0.3) is 0 Å². The monoisotopic (exact) mass is 396 g/mol. The fourth-order valence-electron chi connectivity index (χ4n) is 4.57. The van der Waals surface area contributed by atoms with Crippen LogP contribution in [0.1, 0.15) is 24.6 Å². The molecule has 2 aliphatic heterocycles. The van der Waals surface area contributed by atoms with Gasteiger partial charge in [-0.15, -0.1) is 0 Å². The average molecular weight is 396 g/mol. The number of benzene rings is 1. The summed E-state index contributed by atoms with van der Waals surface area (Å²) in [5.74, 6) is 2.18. The minimum atomic E-state index is -0.492. The summed E-state index contributed by atoms with van der Waals surface area (Å²) in [7, 11) is 0. The first-order chi connectivity index (χ1) is 14.0. The Balaban J connectivity index is 1.32. The number of fused-ring (bicyclic) bond motifs is 1. The van der Waals surface area contributed by atoms with E-state index in [2.05, 4.69) is 10.1 Å². The van der Waals surface area contributed by atoms with Gasteiger partial charge in [-0.25, -0.2) is 0 Å². The van der Waals surface area contributed by atoms with Crippen LogP contribution in [-0.4, -0.2) is 64.5 Å². The summed E-state index contributed by atoms with van der Waals surface area (Å²) in [6.45, 7) is 3.95. The van der Waals surface area contributed by atoms with Crippen molar-refractivity contribution in [2.75, 3.05) is 32.8 Å². The Hall–Kier alpha value is -2.90. The fourth-order valence-corrected chi connectivity index (χ4v) is 4.57. The number of aryl methyl sites for hydroxylation is 1. The molecular weight excluding hydrogens is 372 g/mol. The lowest BCUT2D eigenvalue weighted by Crippen LogP contribution is -2.42. The van der Waals surface area contributed by atoms with Crippen LogP contribution in [0.2, 0.25) is 0 Å². The van der Waals surface area contributed by atoms with Crippen LogP contribution in [0.15, 0.2) is 34.9 Å². The van der Waals surface area contributed by atoms with E-state index in [-0.39, 0.29) is 30.3 Å². The highest BCUT2D eigenvalue weighted by Gasteiger charge is 2.59. The Morgan fingerprint density at radius 2 is 1.90 bits per heavy atom. The predicted octanol–water partition coefficient (Wildman–Crippen LogP) is 1.41. The summed E-state index contributed by atoms with van der Waals surface area (Å²) in [6.07, 6.45) is 1.96. The lowest BCUT2D eigenvalue weighted by molar-refractivity contribution is -0.133. The number of hydrogen-bond donors (Lipinski definition) is 0. The van der Waals surface area contributed by atoms with Gasteiger partial charge in [0.1, 0.15) is 5.75 Å². The Morgan fingerprint density at radius 3 is 2.59 bits per heavy atom. The Bertz CT molecular complexity index is 926. The van der Waals surface area contributed by atoms with Gasteiger partial charge >= 0.3 is 0 Å². The Morgan fingerprint density at radius 1 is 1.17 bits per heavy atom. The van der Waals surface area contributed by atoms with E-state index in [1.165, 1.54) is 0 Å². The standard InChI is InChI=1S/C21H24N4O4/c1-14-22-20(29-23-14)21-12-24(18(26)11-28-17-5-3-2-4-6-17)9-16(21)10-25(13-21)19(27)15-7-8-15/h2-6,15-16H,7-13H2,1H3/t16-,21-/m0/s1. The van der Waals surface area contributed by atoms with Crippen molar-refractivity contribution < 1.29 is 18.8 Å². The molecule has 8 nitrogen and oxygen atoms in total. The Labute approximate surface area is 168 Å². The van der Waals surface area contributed by atoms with Gasteiger partial charge in [0.15, 0.2) is 12.4 Å². The van der Waals surface area contributed by atoms with Gasteiger partial charge in [-0.05, 0) is 31.9 Å². The smallest absolute Gasteiger partial charge is 0.260 e. The summed E-state index contributed by atoms with van der Waals surface area (Å²) >= 11 is 0. The number of carbonyl (C=O) groups excluding carboxylic acids is 2.